The van der Waals surface area contributed by atoms with Crippen LogP contribution in [0.3, 0.4) is 0 Å². The Bertz CT molecular complexity index is 417. The molecule has 0 aliphatic heterocycles. The van der Waals surface area contributed by atoms with E-state index in [2.05, 4.69) is 16.8 Å². The van der Waals surface area contributed by atoms with Gasteiger partial charge in [-0.15, -0.1) is 0 Å². The second kappa shape index (κ2) is 5.34. The fourth-order valence-corrected chi connectivity index (χ4v) is 1.57. The van der Waals surface area contributed by atoms with Crippen molar-refractivity contribution < 1.29 is 14.6 Å². The Morgan fingerprint density at radius 2 is 2.47 bits per heavy atom. The van der Waals surface area contributed by atoms with Gasteiger partial charge in [0, 0.05) is 0 Å². The van der Waals surface area contributed by atoms with E-state index >= 15 is 0 Å². The van der Waals surface area contributed by atoms with Crippen molar-refractivity contribution in [2.45, 2.75) is 6.92 Å². The molecule has 0 atom stereocenters. The lowest BCUT2D eigenvalue weighted by molar-refractivity contribution is 0.0520. The highest BCUT2D eigenvalue weighted by atomic mass is 32.1. The number of aliphatic hydroxyl groups is 1. The number of aromatic nitrogens is 1. The zero-order chi connectivity index (χ0) is 11.3. The van der Waals surface area contributed by atoms with Gasteiger partial charge in [-0.3, -0.25) is 0 Å². The van der Waals surface area contributed by atoms with Crippen molar-refractivity contribution in [2.75, 3.05) is 18.9 Å². The van der Waals surface area contributed by atoms with E-state index in [1.165, 1.54) is 0 Å². The second-order valence-electron chi connectivity index (χ2n) is 2.41. The topological polar surface area (TPSA) is 85.4 Å². The zero-order valence-electron chi connectivity index (χ0n) is 8.11. The summed E-state index contributed by atoms with van der Waals surface area (Å²) in [6, 6.07) is 0. The summed E-state index contributed by atoms with van der Waals surface area (Å²) >= 11 is 1.09. The number of anilines is 1. The Hall–Kier alpha value is -1.58. The molecule has 6 heteroatoms. The number of nitrogens with two attached hydrogens (primary N) is 1. The van der Waals surface area contributed by atoms with Crippen molar-refractivity contribution in [2.24, 2.45) is 0 Å². The Balaban J connectivity index is 3.00. The minimum Gasteiger partial charge on any atom is -0.461 e. The third-order valence-corrected chi connectivity index (χ3v) is 2.19. The molecule has 1 aromatic rings. The molecular formula is C9H10N2O3S. The van der Waals surface area contributed by atoms with Gasteiger partial charge in [0.05, 0.1) is 6.61 Å². The first-order valence-corrected chi connectivity index (χ1v) is 5.03. The highest BCUT2D eigenvalue weighted by Gasteiger charge is 2.16. The molecule has 0 radical (unpaired) electrons. The lowest BCUT2D eigenvalue weighted by Crippen LogP contribution is -2.06. The average Bonchev–Trinajstić information content (AvgIpc) is 2.57. The van der Waals surface area contributed by atoms with E-state index in [9.17, 15) is 4.79 Å². The van der Waals surface area contributed by atoms with Crippen LogP contribution in [0, 0.1) is 11.8 Å². The highest BCUT2D eigenvalue weighted by molar-refractivity contribution is 7.16. The number of hydrogen-bond acceptors (Lipinski definition) is 6. The molecule has 0 aliphatic rings. The van der Waals surface area contributed by atoms with Crippen LogP contribution in [-0.2, 0) is 4.74 Å². The number of esters is 1. The molecule has 5 nitrogen and oxygen atoms in total. The summed E-state index contributed by atoms with van der Waals surface area (Å²) in [7, 11) is 0. The van der Waals surface area contributed by atoms with E-state index in [1.807, 2.05) is 0 Å². The number of nitrogens with zero attached hydrogens (tertiary/aromatic N) is 1. The molecule has 0 aliphatic carbocycles. The molecule has 0 aromatic carbocycles. The van der Waals surface area contributed by atoms with Crippen molar-refractivity contribution in [3.8, 4) is 11.8 Å². The summed E-state index contributed by atoms with van der Waals surface area (Å²) in [6.07, 6.45) is 0. The smallest absolute Gasteiger partial charge is 0.359 e. The Morgan fingerprint density at radius 1 is 1.73 bits per heavy atom. The summed E-state index contributed by atoms with van der Waals surface area (Å²) in [5, 5.41) is 8.78. The average molecular weight is 226 g/mol. The van der Waals surface area contributed by atoms with Crippen LogP contribution < -0.4 is 5.73 Å². The van der Waals surface area contributed by atoms with Crippen molar-refractivity contribution in [3.05, 3.63) is 10.6 Å². The predicted molar refractivity (Wildman–Crippen MR) is 56.4 cm³/mol. The number of rotatable bonds is 2. The monoisotopic (exact) mass is 226 g/mol. The molecule has 0 fully saturated rings. The van der Waals surface area contributed by atoms with Crippen LogP contribution in [0.4, 0.5) is 5.13 Å². The van der Waals surface area contributed by atoms with E-state index in [-0.39, 0.29) is 24.0 Å². The molecule has 0 spiro atoms. The fourth-order valence-electron chi connectivity index (χ4n) is 0.879. The van der Waals surface area contributed by atoms with Gasteiger partial charge in [-0.2, -0.15) is 0 Å². The first-order valence-electron chi connectivity index (χ1n) is 4.22. The summed E-state index contributed by atoms with van der Waals surface area (Å²) < 4.78 is 4.78. The molecule has 1 aromatic heterocycles. The van der Waals surface area contributed by atoms with E-state index in [0.29, 0.717) is 4.88 Å². The maximum atomic E-state index is 11.4. The van der Waals surface area contributed by atoms with Crippen LogP contribution in [0.25, 0.3) is 0 Å². The van der Waals surface area contributed by atoms with Crippen molar-refractivity contribution in [1.82, 2.24) is 4.98 Å². The minimum atomic E-state index is -0.548. The highest BCUT2D eigenvalue weighted by Crippen LogP contribution is 2.19. The number of aliphatic hydroxyl groups excluding tert-OH is 1. The van der Waals surface area contributed by atoms with Gasteiger partial charge >= 0.3 is 5.97 Å². The van der Waals surface area contributed by atoms with Crippen molar-refractivity contribution in [3.63, 3.8) is 0 Å². The third-order valence-electron chi connectivity index (χ3n) is 1.39. The van der Waals surface area contributed by atoms with Crippen LogP contribution in [-0.4, -0.2) is 29.3 Å². The van der Waals surface area contributed by atoms with Gasteiger partial charge in [-0.1, -0.05) is 23.2 Å². The van der Waals surface area contributed by atoms with Crippen molar-refractivity contribution in [1.29, 1.82) is 0 Å². The molecule has 3 N–H and O–H groups in total. The number of carbonyl (C=O) groups excluding carboxylic acids is 1. The molecule has 0 bridgehead atoms. The first-order chi connectivity index (χ1) is 7.19. The Kier molecular flexibility index (Phi) is 4.09. The fraction of sp³-hybridized carbons (Fsp3) is 0.333. The van der Waals surface area contributed by atoms with Crippen LogP contribution in [0.5, 0.6) is 0 Å². The molecule has 0 saturated heterocycles. The SMILES string of the molecule is CCOC(=O)c1nc(N)sc1C#CCO. The van der Waals surface area contributed by atoms with Crippen LogP contribution in [0.15, 0.2) is 0 Å². The number of carbonyl (C=O) groups is 1. The summed E-state index contributed by atoms with van der Waals surface area (Å²) in [4.78, 5) is 15.6. The molecular weight excluding hydrogens is 216 g/mol. The normalized spacial score (nSPS) is 9.20. The molecule has 0 saturated carbocycles. The Labute approximate surface area is 90.9 Å². The molecule has 1 rings (SSSR count). The molecule has 15 heavy (non-hydrogen) atoms. The quantitative estimate of drug-likeness (QED) is 0.557. The van der Waals surface area contributed by atoms with Gasteiger partial charge in [-0.05, 0) is 6.92 Å². The van der Waals surface area contributed by atoms with Crippen LogP contribution in [0.1, 0.15) is 22.3 Å². The predicted octanol–water partition coefficient (Wildman–Crippen LogP) is 0.246. The lowest BCUT2D eigenvalue weighted by atomic mass is 10.3. The first kappa shape index (κ1) is 11.5. The minimum absolute atomic E-state index is 0.111. The number of nitrogen functional groups attached to an aromatic ring is 1. The third kappa shape index (κ3) is 2.94. The zero-order valence-corrected chi connectivity index (χ0v) is 8.93. The summed E-state index contributed by atoms with van der Waals surface area (Å²) in [5.74, 6) is 4.48. The maximum Gasteiger partial charge on any atom is 0.359 e. The number of hydrogen-bond donors (Lipinski definition) is 2. The van der Waals surface area contributed by atoms with E-state index in [1.54, 1.807) is 6.92 Å². The molecule has 80 valence electrons. The van der Waals surface area contributed by atoms with Gasteiger partial charge in [0.2, 0.25) is 0 Å². The second-order valence-corrected chi connectivity index (χ2v) is 3.44. The van der Waals surface area contributed by atoms with Crippen molar-refractivity contribution >= 4 is 22.4 Å². The number of thiazole rings is 1. The molecule has 0 unspecified atom stereocenters. The van der Waals surface area contributed by atoms with Gasteiger partial charge in [-0.25, -0.2) is 9.78 Å². The lowest BCUT2D eigenvalue weighted by Gasteiger charge is -1.97. The maximum absolute atomic E-state index is 11.4. The van der Waals surface area contributed by atoms with E-state index < -0.39 is 5.97 Å². The number of ether oxygens (including phenoxy) is 1. The van der Waals surface area contributed by atoms with Crippen LogP contribution >= 0.6 is 11.3 Å². The van der Waals surface area contributed by atoms with Gasteiger partial charge in [0.15, 0.2) is 10.8 Å². The standard InChI is InChI=1S/C9H10N2O3S/c1-2-14-8(13)7-6(4-3-5-12)15-9(10)11-7/h12H,2,5H2,1H3,(H2,10,11). The summed E-state index contributed by atoms with van der Waals surface area (Å²) in [6.45, 7) is 1.69. The Morgan fingerprint density at radius 3 is 3.07 bits per heavy atom. The van der Waals surface area contributed by atoms with Gasteiger partial charge in [0.1, 0.15) is 11.5 Å². The summed E-state index contributed by atoms with van der Waals surface area (Å²) in [5.41, 5.74) is 5.57. The van der Waals surface area contributed by atoms with Gasteiger partial charge < -0.3 is 15.6 Å². The molecule has 0 amide bonds. The van der Waals surface area contributed by atoms with E-state index in [0.717, 1.165) is 11.3 Å². The van der Waals surface area contributed by atoms with E-state index in [4.69, 9.17) is 15.6 Å². The van der Waals surface area contributed by atoms with Crippen LogP contribution in [0.2, 0.25) is 0 Å². The largest absolute Gasteiger partial charge is 0.461 e. The molecule has 1 heterocycles. The van der Waals surface area contributed by atoms with Gasteiger partial charge in [0.25, 0.3) is 0 Å².